The molecule has 0 aromatic heterocycles. The first kappa shape index (κ1) is 11.9. The largest absolute Gasteiger partial charge is 0.388 e. The molecular weight excluding hydrogens is 231 g/mol. The summed E-state index contributed by atoms with van der Waals surface area (Å²) in [6.07, 6.45) is 2.85. The van der Waals surface area contributed by atoms with Gasteiger partial charge in [-0.3, -0.25) is 0 Å². The minimum absolute atomic E-state index is 0.209. The molecule has 3 aliphatic rings. The Morgan fingerprint density at radius 3 is 2.61 bits per heavy atom. The Morgan fingerprint density at radius 2 is 2.06 bits per heavy atom. The maximum Gasteiger partial charge on any atom is 0.123 e. The highest BCUT2D eigenvalue weighted by Crippen LogP contribution is 2.43. The first-order valence-corrected chi connectivity index (χ1v) is 6.57. The Morgan fingerprint density at radius 1 is 1.33 bits per heavy atom. The molecule has 98 valence electrons. The maximum absolute atomic E-state index is 12.9. The average molecular weight is 250 g/mol. The van der Waals surface area contributed by atoms with Crippen molar-refractivity contribution in [3.63, 3.8) is 0 Å². The van der Waals surface area contributed by atoms with Gasteiger partial charge in [0.05, 0.1) is 5.60 Å². The van der Waals surface area contributed by atoms with Gasteiger partial charge < -0.3 is 15.7 Å². The lowest BCUT2D eigenvalue weighted by atomic mass is 9.68. The predicted octanol–water partition coefficient (Wildman–Crippen LogP) is 1.50. The van der Waals surface area contributed by atoms with E-state index in [0.29, 0.717) is 12.6 Å². The van der Waals surface area contributed by atoms with Crippen LogP contribution in [-0.2, 0) is 0 Å². The normalized spacial score (nSPS) is 34.9. The van der Waals surface area contributed by atoms with E-state index in [2.05, 4.69) is 4.90 Å². The summed E-state index contributed by atoms with van der Waals surface area (Å²) < 4.78 is 12.9. The molecule has 2 aliphatic heterocycles. The standard InChI is InChI=1S/C14H19FN2O/c15-11-2-5-12(6-3-11)17-8-10-1-4-13(17)7-14(10,18)9-16/h2-3,5-6,10,13,18H,1,4,7-9,16H2. The number of rotatable bonds is 2. The van der Waals surface area contributed by atoms with Crippen molar-refractivity contribution in [1.29, 1.82) is 0 Å². The van der Waals surface area contributed by atoms with Gasteiger partial charge in [0.15, 0.2) is 0 Å². The zero-order valence-corrected chi connectivity index (χ0v) is 10.3. The number of fused-ring (bicyclic) bond motifs is 3. The van der Waals surface area contributed by atoms with E-state index < -0.39 is 5.60 Å². The fraction of sp³-hybridized carbons (Fsp3) is 0.571. The third kappa shape index (κ3) is 1.80. The molecule has 4 heteroatoms. The molecule has 3 N–H and O–H groups in total. The molecular formula is C14H19FN2O. The highest BCUT2D eigenvalue weighted by atomic mass is 19.1. The molecule has 3 atom stereocenters. The highest BCUT2D eigenvalue weighted by molar-refractivity contribution is 5.49. The Labute approximate surface area is 106 Å². The lowest BCUT2D eigenvalue weighted by molar-refractivity contribution is -0.0632. The first-order chi connectivity index (χ1) is 8.62. The van der Waals surface area contributed by atoms with Crippen LogP contribution in [0.15, 0.2) is 24.3 Å². The third-order valence-corrected chi connectivity index (χ3v) is 4.57. The summed E-state index contributed by atoms with van der Waals surface area (Å²) in [6, 6.07) is 6.95. The molecule has 4 rings (SSSR count). The minimum atomic E-state index is -0.695. The van der Waals surface area contributed by atoms with E-state index in [1.807, 2.05) is 12.1 Å². The highest BCUT2D eigenvalue weighted by Gasteiger charge is 2.48. The van der Waals surface area contributed by atoms with Gasteiger partial charge in [-0.15, -0.1) is 0 Å². The fourth-order valence-corrected chi connectivity index (χ4v) is 3.45. The molecule has 3 fully saturated rings. The maximum atomic E-state index is 12.9. The Balaban J connectivity index is 1.84. The van der Waals surface area contributed by atoms with E-state index >= 15 is 0 Å². The summed E-state index contributed by atoms with van der Waals surface area (Å²) in [5.74, 6) is 0.0249. The molecule has 0 amide bonds. The van der Waals surface area contributed by atoms with Gasteiger partial charge >= 0.3 is 0 Å². The number of aliphatic hydroxyl groups is 1. The molecule has 2 saturated heterocycles. The number of anilines is 1. The van der Waals surface area contributed by atoms with Crippen LogP contribution in [-0.4, -0.2) is 29.8 Å². The molecule has 1 aliphatic carbocycles. The van der Waals surface area contributed by atoms with Gasteiger partial charge in [-0.25, -0.2) is 4.39 Å². The number of halogens is 1. The number of nitrogens with zero attached hydrogens (tertiary/aromatic N) is 1. The number of benzene rings is 1. The third-order valence-electron chi connectivity index (χ3n) is 4.57. The van der Waals surface area contributed by atoms with E-state index in [4.69, 9.17) is 5.73 Å². The zero-order valence-electron chi connectivity index (χ0n) is 10.3. The van der Waals surface area contributed by atoms with Gasteiger partial charge in [0.2, 0.25) is 0 Å². The molecule has 18 heavy (non-hydrogen) atoms. The zero-order chi connectivity index (χ0) is 12.8. The second kappa shape index (κ2) is 4.21. The Hall–Kier alpha value is -1.13. The SMILES string of the molecule is NCC1(O)CC2CCC1CN2c1ccc(F)cc1. The van der Waals surface area contributed by atoms with E-state index in [1.165, 1.54) is 12.1 Å². The molecule has 0 radical (unpaired) electrons. The van der Waals surface area contributed by atoms with Crippen LogP contribution in [0.1, 0.15) is 19.3 Å². The number of hydrogen-bond donors (Lipinski definition) is 2. The van der Waals surface area contributed by atoms with Gasteiger partial charge in [0.25, 0.3) is 0 Å². The Kier molecular flexibility index (Phi) is 2.79. The quantitative estimate of drug-likeness (QED) is 0.836. The van der Waals surface area contributed by atoms with Crippen LogP contribution in [0.2, 0.25) is 0 Å². The Bertz CT molecular complexity index is 436. The number of nitrogens with two attached hydrogens (primary N) is 1. The van der Waals surface area contributed by atoms with Gasteiger partial charge in [0, 0.05) is 30.7 Å². The average Bonchev–Trinajstić information content (AvgIpc) is 2.40. The van der Waals surface area contributed by atoms with Crippen molar-refractivity contribution < 1.29 is 9.50 Å². The van der Waals surface area contributed by atoms with Crippen LogP contribution >= 0.6 is 0 Å². The van der Waals surface area contributed by atoms with E-state index in [1.54, 1.807) is 0 Å². The van der Waals surface area contributed by atoms with Crippen molar-refractivity contribution in [2.24, 2.45) is 11.7 Å². The van der Waals surface area contributed by atoms with Crippen LogP contribution in [0.4, 0.5) is 10.1 Å². The van der Waals surface area contributed by atoms with Crippen LogP contribution in [0, 0.1) is 11.7 Å². The molecule has 2 bridgehead atoms. The number of piperidine rings is 2. The fourth-order valence-electron chi connectivity index (χ4n) is 3.45. The molecule has 1 aromatic carbocycles. The van der Waals surface area contributed by atoms with Crippen LogP contribution in [0.25, 0.3) is 0 Å². The second-order valence-electron chi connectivity index (χ2n) is 5.57. The molecule has 3 nitrogen and oxygen atoms in total. The molecule has 2 heterocycles. The van der Waals surface area contributed by atoms with Gasteiger partial charge in [-0.2, -0.15) is 0 Å². The summed E-state index contributed by atoms with van der Waals surface area (Å²) in [4.78, 5) is 2.29. The number of hydrogen-bond acceptors (Lipinski definition) is 3. The summed E-state index contributed by atoms with van der Waals surface area (Å²) in [6.45, 7) is 1.16. The van der Waals surface area contributed by atoms with Crippen molar-refractivity contribution in [3.05, 3.63) is 30.1 Å². The lowest BCUT2D eigenvalue weighted by Crippen LogP contribution is -2.63. The predicted molar refractivity (Wildman–Crippen MR) is 68.9 cm³/mol. The molecule has 3 unspecified atom stereocenters. The van der Waals surface area contributed by atoms with Crippen molar-refractivity contribution in [2.45, 2.75) is 30.9 Å². The topological polar surface area (TPSA) is 49.5 Å². The van der Waals surface area contributed by atoms with Crippen molar-refractivity contribution in [1.82, 2.24) is 0 Å². The van der Waals surface area contributed by atoms with Crippen molar-refractivity contribution in [2.75, 3.05) is 18.0 Å². The summed E-state index contributed by atoms with van der Waals surface area (Å²) >= 11 is 0. The van der Waals surface area contributed by atoms with E-state index in [9.17, 15) is 9.50 Å². The molecule has 0 spiro atoms. The first-order valence-electron chi connectivity index (χ1n) is 6.57. The van der Waals surface area contributed by atoms with Crippen LogP contribution in [0.5, 0.6) is 0 Å². The second-order valence-corrected chi connectivity index (χ2v) is 5.57. The van der Waals surface area contributed by atoms with E-state index in [-0.39, 0.29) is 11.7 Å². The van der Waals surface area contributed by atoms with Crippen LogP contribution < -0.4 is 10.6 Å². The minimum Gasteiger partial charge on any atom is -0.388 e. The summed E-state index contributed by atoms with van der Waals surface area (Å²) in [5, 5.41) is 10.5. The molecule has 1 saturated carbocycles. The van der Waals surface area contributed by atoms with Crippen molar-refractivity contribution in [3.8, 4) is 0 Å². The van der Waals surface area contributed by atoms with Crippen LogP contribution in [0.3, 0.4) is 0 Å². The summed E-state index contributed by atoms with van der Waals surface area (Å²) in [7, 11) is 0. The van der Waals surface area contributed by atoms with Gasteiger partial charge in [-0.05, 0) is 43.5 Å². The van der Waals surface area contributed by atoms with Crippen molar-refractivity contribution >= 4 is 5.69 Å². The monoisotopic (exact) mass is 250 g/mol. The lowest BCUT2D eigenvalue weighted by Gasteiger charge is -2.54. The smallest absolute Gasteiger partial charge is 0.123 e. The van der Waals surface area contributed by atoms with Gasteiger partial charge in [-0.1, -0.05) is 0 Å². The van der Waals surface area contributed by atoms with Gasteiger partial charge in [0.1, 0.15) is 5.82 Å². The van der Waals surface area contributed by atoms with E-state index in [0.717, 1.165) is 31.5 Å². The molecule has 1 aromatic rings. The summed E-state index contributed by atoms with van der Waals surface area (Å²) in [5.41, 5.74) is 6.06.